The molecule has 0 bridgehead atoms. The Balaban J connectivity index is 1.25. The van der Waals surface area contributed by atoms with E-state index in [1.54, 1.807) is 0 Å². The molecule has 1 aliphatic carbocycles. The molecule has 0 amide bonds. The summed E-state index contributed by atoms with van der Waals surface area (Å²) in [5.41, 5.74) is 27.0. The maximum Gasteiger partial charge on any atom is 0.252 e. The molecule has 3 aliphatic rings. The molecule has 8 aromatic carbocycles. The third kappa shape index (κ3) is 6.61. The van der Waals surface area contributed by atoms with Crippen molar-refractivity contribution in [2.75, 3.05) is 9.80 Å². The predicted octanol–water partition coefficient (Wildman–Crippen LogP) is 15.0. The number of anilines is 6. The Labute approximate surface area is 387 Å². The third-order valence-corrected chi connectivity index (χ3v) is 14.9. The van der Waals surface area contributed by atoms with Gasteiger partial charge in [-0.1, -0.05) is 164 Å². The molecule has 0 unspecified atom stereocenters. The lowest BCUT2D eigenvalue weighted by Crippen LogP contribution is -2.61. The van der Waals surface area contributed by atoms with Gasteiger partial charge in [0.25, 0.3) is 6.71 Å². The van der Waals surface area contributed by atoms with E-state index in [0.29, 0.717) is 0 Å². The molecule has 0 atom stereocenters. The molecule has 0 N–H and O–H groups in total. The number of fused-ring (bicyclic) bond motifs is 5. The van der Waals surface area contributed by atoms with E-state index in [2.05, 4.69) is 243 Å². The van der Waals surface area contributed by atoms with E-state index in [-0.39, 0.29) is 23.0 Å². The molecular formula is C62H59BN2. The molecule has 2 aliphatic heterocycles. The molecule has 0 saturated carbocycles. The highest BCUT2D eigenvalue weighted by Crippen LogP contribution is 2.54. The van der Waals surface area contributed by atoms with Crippen molar-refractivity contribution < 1.29 is 0 Å². The molecule has 0 saturated heterocycles. The quantitative estimate of drug-likeness (QED) is 0.159. The first-order chi connectivity index (χ1) is 31.1. The summed E-state index contributed by atoms with van der Waals surface area (Å²) in [4.78, 5) is 5.24. The molecule has 0 radical (unpaired) electrons. The average molecular weight is 843 g/mol. The van der Waals surface area contributed by atoms with E-state index in [4.69, 9.17) is 0 Å². The van der Waals surface area contributed by atoms with Crippen molar-refractivity contribution in [3.05, 3.63) is 197 Å². The lowest BCUT2D eigenvalue weighted by atomic mass is 9.33. The predicted molar refractivity (Wildman–Crippen MR) is 280 cm³/mol. The zero-order valence-electron chi connectivity index (χ0n) is 39.8. The molecular weight excluding hydrogens is 784 g/mol. The minimum atomic E-state index is -0.0138. The molecule has 0 spiro atoms. The Kier molecular flexibility index (Phi) is 9.32. The Hall–Kier alpha value is -6.58. The van der Waals surface area contributed by atoms with Gasteiger partial charge in [-0.15, -0.1) is 0 Å². The second-order valence-electron chi connectivity index (χ2n) is 21.5. The van der Waals surface area contributed by atoms with Crippen LogP contribution in [0.1, 0.15) is 88.3 Å². The number of rotatable bonds is 5. The second kappa shape index (κ2) is 14.7. The number of nitrogens with zero attached hydrogens (tertiary/aromatic N) is 2. The van der Waals surface area contributed by atoms with Gasteiger partial charge in [-0.25, -0.2) is 0 Å². The van der Waals surface area contributed by atoms with Crippen LogP contribution in [0, 0.1) is 20.8 Å². The fourth-order valence-corrected chi connectivity index (χ4v) is 11.9. The molecule has 3 heteroatoms. The van der Waals surface area contributed by atoms with Gasteiger partial charge in [0.2, 0.25) is 0 Å². The average Bonchev–Trinajstić information content (AvgIpc) is 3.46. The summed E-state index contributed by atoms with van der Waals surface area (Å²) in [7, 11) is 0. The van der Waals surface area contributed by atoms with Crippen LogP contribution in [0.4, 0.5) is 34.1 Å². The monoisotopic (exact) mass is 842 g/mol. The van der Waals surface area contributed by atoms with Crippen LogP contribution >= 0.6 is 0 Å². The summed E-state index contributed by atoms with van der Waals surface area (Å²) >= 11 is 0. The summed E-state index contributed by atoms with van der Waals surface area (Å²) in [6, 6.07) is 62.6. The van der Waals surface area contributed by atoms with Crippen LogP contribution in [0.5, 0.6) is 0 Å². The summed E-state index contributed by atoms with van der Waals surface area (Å²) in [6.07, 6.45) is 1.11. The Morgan fingerprint density at radius 3 is 1.69 bits per heavy atom. The van der Waals surface area contributed by atoms with Crippen LogP contribution in [0.25, 0.3) is 33.4 Å². The highest BCUT2D eigenvalue weighted by molar-refractivity contribution is 7.00. The summed E-state index contributed by atoms with van der Waals surface area (Å²) in [6.45, 7) is 23.6. The zero-order chi connectivity index (χ0) is 45.2. The molecule has 0 fully saturated rings. The van der Waals surface area contributed by atoms with Crippen molar-refractivity contribution >= 4 is 57.2 Å². The van der Waals surface area contributed by atoms with Crippen molar-refractivity contribution in [1.82, 2.24) is 0 Å². The van der Waals surface area contributed by atoms with Crippen molar-refractivity contribution in [3.8, 4) is 33.4 Å². The van der Waals surface area contributed by atoms with Crippen LogP contribution in [0.2, 0.25) is 0 Å². The van der Waals surface area contributed by atoms with E-state index in [9.17, 15) is 0 Å². The molecule has 8 aromatic rings. The molecule has 0 aromatic heterocycles. The SMILES string of the molecule is Cc1cc2c3c(c1)N(c1ccc(C(C)(C)C)cc1-c1ccccc1)c1cc4c(cc1B3c1ccc(-c3ccccc3C)cc1N2c1cccc(-c2ccccc2C)c1)C(C)(C)CC4(C)C. The highest BCUT2D eigenvalue weighted by atomic mass is 15.2. The highest BCUT2D eigenvalue weighted by Gasteiger charge is 2.48. The lowest BCUT2D eigenvalue weighted by Gasteiger charge is -2.45. The van der Waals surface area contributed by atoms with Crippen molar-refractivity contribution in [2.45, 2.75) is 91.9 Å². The van der Waals surface area contributed by atoms with Gasteiger partial charge >= 0.3 is 0 Å². The van der Waals surface area contributed by atoms with E-state index < -0.39 is 0 Å². The van der Waals surface area contributed by atoms with Gasteiger partial charge < -0.3 is 9.80 Å². The van der Waals surface area contributed by atoms with E-state index in [0.717, 1.165) is 12.1 Å². The van der Waals surface area contributed by atoms with Gasteiger partial charge in [0, 0.05) is 34.0 Å². The van der Waals surface area contributed by atoms with Gasteiger partial charge in [-0.05, 0) is 170 Å². The third-order valence-electron chi connectivity index (χ3n) is 14.9. The van der Waals surface area contributed by atoms with E-state index >= 15 is 0 Å². The number of benzene rings is 8. The smallest absolute Gasteiger partial charge is 0.252 e. The molecule has 11 rings (SSSR count). The number of aryl methyl sites for hydroxylation is 3. The van der Waals surface area contributed by atoms with Gasteiger partial charge in [-0.3, -0.25) is 0 Å². The van der Waals surface area contributed by atoms with E-state index in [1.165, 1.54) is 112 Å². The molecule has 65 heavy (non-hydrogen) atoms. The zero-order valence-corrected chi connectivity index (χ0v) is 39.8. The minimum absolute atomic E-state index is 0.0138. The Bertz CT molecular complexity index is 3220. The first-order valence-electron chi connectivity index (χ1n) is 23.6. The van der Waals surface area contributed by atoms with Crippen LogP contribution in [-0.4, -0.2) is 6.71 Å². The van der Waals surface area contributed by atoms with Crippen molar-refractivity contribution in [1.29, 1.82) is 0 Å². The number of hydrogen-bond acceptors (Lipinski definition) is 2. The topological polar surface area (TPSA) is 6.48 Å². The first kappa shape index (κ1) is 41.2. The van der Waals surface area contributed by atoms with Gasteiger partial charge in [-0.2, -0.15) is 0 Å². The van der Waals surface area contributed by atoms with Crippen LogP contribution in [0.15, 0.2) is 164 Å². The van der Waals surface area contributed by atoms with Crippen LogP contribution < -0.4 is 26.2 Å². The maximum absolute atomic E-state index is 2.66. The largest absolute Gasteiger partial charge is 0.311 e. The van der Waals surface area contributed by atoms with Gasteiger partial charge in [0.15, 0.2) is 0 Å². The van der Waals surface area contributed by atoms with E-state index in [1.807, 2.05) is 0 Å². The van der Waals surface area contributed by atoms with Gasteiger partial charge in [0.05, 0.1) is 5.69 Å². The first-order valence-corrected chi connectivity index (χ1v) is 23.6. The molecule has 2 heterocycles. The summed E-state index contributed by atoms with van der Waals surface area (Å²) < 4.78 is 0. The Morgan fingerprint density at radius 1 is 0.446 bits per heavy atom. The normalized spacial score (nSPS) is 15.3. The second-order valence-corrected chi connectivity index (χ2v) is 21.5. The summed E-state index contributed by atoms with van der Waals surface area (Å²) in [5, 5.41) is 0. The van der Waals surface area contributed by atoms with Crippen LogP contribution in [0.3, 0.4) is 0 Å². The van der Waals surface area contributed by atoms with Gasteiger partial charge in [0.1, 0.15) is 0 Å². The molecule has 320 valence electrons. The van der Waals surface area contributed by atoms with Crippen LogP contribution in [-0.2, 0) is 16.2 Å². The lowest BCUT2D eigenvalue weighted by molar-refractivity contribution is 0.403. The fraction of sp³-hybridized carbons (Fsp3) is 0.226. The molecule has 2 nitrogen and oxygen atoms in total. The minimum Gasteiger partial charge on any atom is -0.311 e. The number of hydrogen-bond donors (Lipinski definition) is 0. The standard InChI is InChI=1S/C62H59BN2/c1-39-31-57-59-58(32-39)65(54-30-28-45(60(4,5)6)35-49(54)42-21-12-11-13-22-42)56-37-51-50(61(7,8)38-62(51,9)10)36-53(56)63(59)52-29-27-44(48-26-17-15-20-41(48)3)34-55(52)64(57)46-24-18-23-43(33-46)47-25-16-14-19-40(47)2/h11-37H,38H2,1-10H3. The van der Waals surface area contributed by atoms with Crippen molar-refractivity contribution in [3.63, 3.8) is 0 Å². The summed E-state index contributed by atoms with van der Waals surface area (Å²) in [5.74, 6) is 0. The fourth-order valence-electron chi connectivity index (χ4n) is 11.9. The Morgan fingerprint density at radius 2 is 1.03 bits per heavy atom. The van der Waals surface area contributed by atoms with Crippen molar-refractivity contribution in [2.24, 2.45) is 0 Å². The maximum atomic E-state index is 2.66.